The fourth-order valence-corrected chi connectivity index (χ4v) is 4.92. The highest BCUT2D eigenvalue weighted by atomic mass is 32.1. The molecule has 1 aromatic heterocycles. The minimum absolute atomic E-state index is 0.0486. The second-order valence-corrected chi connectivity index (χ2v) is 11.0. The lowest BCUT2D eigenvalue weighted by molar-refractivity contribution is -0.138. The number of thiocarbonyl (C=S) groups is 1. The molecule has 224 valence electrons. The van der Waals surface area contributed by atoms with Gasteiger partial charge in [-0.2, -0.15) is 18.4 Å². The number of nitrogens with zero attached hydrogens (tertiary/aromatic N) is 4. The van der Waals surface area contributed by atoms with Crippen LogP contribution in [-0.2, 0) is 30.5 Å². The van der Waals surface area contributed by atoms with Crippen LogP contribution in [0.5, 0.6) is 0 Å². The third kappa shape index (κ3) is 9.87. The monoisotopic (exact) mass is 598 g/mol. The van der Waals surface area contributed by atoms with Crippen LogP contribution in [0.3, 0.4) is 0 Å². The summed E-state index contributed by atoms with van der Waals surface area (Å²) in [5, 5.41) is 15.6. The third-order valence-electron chi connectivity index (χ3n) is 6.64. The molecule has 11 heteroatoms. The molecule has 0 fully saturated rings. The average Bonchev–Trinajstić information content (AvgIpc) is 3.36. The summed E-state index contributed by atoms with van der Waals surface area (Å²) in [5.74, 6) is 0.00370. The fraction of sp³-hybridized carbons (Fsp3) is 0.419. The van der Waals surface area contributed by atoms with Gasteiger partial charge < -0.3 is 20.1 Å². The number of hydrogen-bond acceptors (Lipinski definition) is 4. The molecule has 0 aliphatic carbocycles. The Hall–Kier alpha value is -3.91. The molecule has 7 nitrogen and oxygen atoms in total. The van der Waals surface area contributed by atoms with E-state index in [2.05, 4.69) is 21.7 Å². The first kappa shape index (κ1) is 32.6. The van der Waals surface area contributed by atoms with E-state index in [9.17, 15) is 18.0 Å². The summed E-state index contributed by atoms with van der Waals surface area (Å²) in [5.41, 5.74) is 1.67. The maximum absolute atomic E-state index is 13.7. The minimum Gasteiger partial charge on any atom is -0.363 e. The molecule has 1 amide bonds. The molecule has 0 aliphatic heterocycles. The number of rotatable bonds is 13. The van der Waals surface area contributed by atoms with Crippen molar-refractivity contribution >= 4 is 23.2 Å². The highest BCUT2D eigenvalue weighted by Gasteiger charge is 2.33. The van der Waals surface area contributed by atoms with E-state index < -0.39 is 11.7 Å². The summed E-state index contributed by atoms with van der Waals surface area (Å²) in [4.78, 5) is 19.2. The molecule has 0 saturated heterocycles. The predicted octanol–water partition coefficient (Wildman–Crippen LogP) is 5.68. The van der Waals surface area contributed by atoms with Crippen molar-refractivity contribution in [1.82, 2.24) is 25.1 Å². The van der Waals surface area contributed by atoms with Gasteiger partial charge in [0.2, 0.25) is 5.91 Å². The topological polar surface area (TPSA) is 86.0 Å². The van der Waals surface area contributed by atoms with Gasteiger partial charge in [0.25, 0.3) is 0 Å². The Morgan fingerprint density at radius 1 is 1.17 bits per heavy atom. The van der Waals surface area contributed by atoms with Crippen molar-refractivity contribution in [2.75, 3.05) is 13.1 Å². The number of carbonyl (C=O) groups excluding carboxylic acids is 1. The summed E-state index contributed by atoms with van der Waals surface area (Å²) in [6.45, 7) is 7.32. The highest BCUT2D eigenvalue weighted by Crippen LogP contribution is 2.32. The van der Waals surface area contributed by atoms with E-state index in [-0.39, 0.29) is 42.9 Å². The molecule has 3 aromatic rings. The van der Waals surface area contributed by atoms with E-state index in [0.717, 1.165) is 23.7 Å². The molecule has 1 atom stereocenters. The number of aromatic nitrogens is 2. The van der Waals surface area contributed by atoms with Gasteiger partial charge in [0.1, 0.15) is 0 Å². The van der Waals surface area contributed by atoms with E-state index in [1.807, 2.05) is 37.5 Å². The highest BCUT2D eigenvalue weighted by molar-refractivity contribution is 7.80. The molecule has 42 heavy (non-hydrogen) atoms. The molecule has 2 aromatic carbocycles. The van der Waals surface area contributed by atoms with E-state index in [1.54, 1.807) is 35.6 Å². The number of carbonyl (C=O) groups is 1. The molecular formula is C31H37F3N6OS. The van der Waals surface area contributed by atoms with Crippen LogP contribution in [0.1, 0.15) is 61.6 Å². The lowest BCUT2D eigenvalue weighted by Gasteiger charge is -2.32. The predicted molar refractivity (Wildman–Crippen MR) is 160 cm³/mol. The zero-order valence-corrected chi connectivity index (χ0v) is 24.9. The number of imidazole rings is 1. The standard InChI is InChI=1S/C31H37F3N6OS/c1-4-13-37-30(42)39(19-25-7-5-6-8-28(25)31(32,33)34)20-26(14-22(2)3)38-29(41)15-27-17-36-21-40(27)18-24-11-9-23(16-35)10-12-24/h5-12,17,21-22,26H,4,13-15,18-20H2,1-3H3,(H,37,42)(H,38,41)/t26-/m0/s1. The van der Waals surface area contributed by atoms with Crippen molar-refractivity contribution < 1.29 is 18.0 Å². The molecule has 0 spiro atoms. The second-order valence-electron chi connectivity index (χ2n) is 10.7. The van der Waals surface area contributed by atoms with Gasteiger partial charge in [0.05, 0.1) is 29.9 Å². The molecule has 1 heterocycles. The van der Waals surface area contributed by atoms with E-state index >= 15 is 0 Å². The van der Waals surface area contributed by atoms with Crippen molar-refractivity contribution in [2.45, 2.75) is 65.3 Å². The summed E-state index contributed by atoms with van der Waals surface area (Å²) < 4.78 is 43.1. The normalized spacial score (nSPS) is 12.0. The fourth-order valence-electron chi connectivity index (χ4n) is 4.68. The summed E-state index contributed by atoms with van der Waals surface area (Å²) >= 11 is 5.60. The van der Waals surface area contributed by atoms with Gasteiger partial charge in [-0.25, -0.2) is 4.98 Å². The SMILES string of the molecule is CCCNC(=S)N(Cc1ccccc1C(F)(F)F)C[C@H](CC(C)C)NC(=O)Cc1cncn1Cc1ccc(C#N)cc1. The lowest BCUT2D eigenvalue weighted by atomic mass is 10.0. The smallest absolute Gasteiger partial charge is 0.363 e. The van der Waals surface area contributed by atoms with E-state index in [0.29, 0.717) is 30.2 Å². The summed E-state index contributed by atoms with van der Waals surface area (Å²) in [7, 11) is 0. The van der Waals surface area contributed by atoms with Crippen LogP contribution in [0, 0.1) is 17.2 Å². The lowest BCUT2D eigenvalue weighted by Crippen LogP contribution is -2.49. The largest absolute Gasteiger partial charge is 0.416 e. The van der Waals surface area contributed by atoms with E-state index in [4.69, 9.17) is 17.5 Å². The van der Waals surface area contributed by atoms with Gasteiger partial charge >= 0.3 is 6.18 Å². The first-order valence-corrected chi connectivity index (χ1v) is 14.4. The van der Waals surface area contributed by atoms with Gasteiger partial charge in [0, 0.05) is 44.1 Å². The van der Waals surface area contributed by atoms with Gasteiger partial charge in [-0.3, -0.25) is 4.79 Å². The maximum atomic E-state index is 13.7. The van der Waals surface area contributed by atoms with Crippen LogP contribution in [0.4, 0.5) is 13.2 Å². The Labute approximate surface area is 250 Å². The quantitative estimate of drug-likeness (QED) is 0.246. The van der Waals surface area contributed by atoms with Crippen LogP contribution in [0.25, 0.3) is 0 Å². The maximum Gasteiger partial charge on any atom is 0.416 e. The van der Waals surface area contributed by atoms with Gasteiger partial charge in [-0.05, 0) is 60.3 Å². The Bertz CT molecular complexity index is 1360. The molecule has 0 unspecified atom stereocenters. The zero-order valence-electron chi connectivity index (χ0n) is 24.1. The number of amides is 1. The molecule has 0 bridgehead atoms. The van der Waals surface area contributed by atoms with Crippen molar-refractivity contribution in [3.05, 3.63) is 89.0 Å². The first-order valence-electron chi connectivity index (χ1n) is 13.9. The Morgan fingerprint density at radius 2 is 1.88 bits per heavy atom. The molecule has 2 N–H and O–H groups in total. The van der Waals surface area contributed by atoms with Crippen molar-refractivity contribution in [3.63, 3.8) is 0 Å². The molecule has 3 rings (SSSR count). The van der Waals surface area contributed by atoms with Crippen LogP contribution in [0.15, 0.2) is 61.1 Å². The minimum atomic E-state index is -4.49. The average molecular weight is 599 g/mol. The zero-order chi connectivity index (χ0) is 30.7. The van der Waals surface area contributed by atoms with Crippen LogP contribution < -0.4 is 10.6 Å². The number of halogens is 3. The number of alkyl halides is 3. The number of nitriles is 1. The molecule has 0 radical (unpaired) electrons. The van der Waals surface area contributed by atoms with Gasteiger partial charge in [-0.1, -0.05) is 51.1 Å². The van der Waals surface area contributed by atoms with Gasteiger partial charge in [-0.15, -0.1) is 0 Å². The third-order valence-corrected chi connectivity index (χ3v) is 7.04. The molecular weight excluding hydrogens is 561 g/mol. The Morgan fingerprint density at radius 3 is 2.52 bits per heavy atom. The van der Waals surface area contributed by atoms with Gasteiger partial charge in [0.15, 0.2) is 5.11 Å². The van der Waals surface area contributed by atoms with Crippen LogP contribution in [0.2, 0.25) is 0 Å². The van der Waals surface area contributed by atoms with Crippen LogP contribution in [-0.4, -0.2) is 44.6 Å². The number of nitrogens with one attached hydrogen (secondary N) is 2. The van der Waals surface area contributed by atoms with Crippen molar-refractivity contribution in [2.24, 2.45) is 5.92 Å². The number of benzene rings is 2. The molecule has 0 aliphatic rings. The Kier molecular flexibility index (Phi) is 11.9. The van der Waals surface area contributed by atoms with Crippen molar-refractivity contribution in [1.29, 1.82) is 5.26 Å². The Balaban J connectivity index is 1.76. The second kappa shape index (κ2) is 15.4. The van der Waals surface area contributed by atoms with E-state index in [1.165, 1.54) is 12.1 Å². The van der Waals surface area contributed by atoms with Crippen molar-refractivity contribution in [3.8, 4) is 6.07 Å². The summed E-state index contributed by atoms with van der Waals surface area (Å²) in [6.07, 6.45) is 0.307. The van der Waals surface area contributed by atoms with Crippen LogP contribution >= 0.6 is 12.2 Å². The number of hydrogen-bond donors (Lipinski definition) is 2. The summed E-state index contributed by atoms with van der Waals surface area (Å²) in [6, 6.07) is 14.4. The first-order chi connectivity index (χ1) is 20.0. The molecule has 0 saturated carbocycles.